The molecule has 0 saturated carbocycles. The number of pyridine rings is 1. The minimum atomic E-state index is -0.931. The number of allylic oxidation sites excluding steroid dienone is 1. The maximum atomic E-state index is 12.3. The van der Waals surface area contributed by atoms with Crippen molar-refractivity contribution in [1.82, 2.24) is 4.57 Å². The van der Waals surface area contributed by atoms with Crippen LogP contribution in [0.25, 0.3) is 17.0 Å². The highest BCUT2D eigenvalue weighted by molar-refractivity contribution is 5.85. The molecule has 0 fully saturated rings. The summed E-state index contributed by atoms with van der Waals surface area (Å²) in [6.45, 7) is 3.53. The zero-order chi connectivity index (χ0) is 14.0. The van der Waals surface area contributed by atoms with Crippen LogP contribution in [0.1, 0.15) is 18.1 Å². The molecule has 98 valence electrons. The Bertz CT molecular complexity index is 726. The first-order valence-corrected chi connectivity index (χ1v) is 6.02. The molecule has 0 radical (unpaired) electrons. The van der Waals surface area contributed by atoms with Gasteiger partial charge in [-0.05, 0) is 25.5 Å². The van der Waals surface area contributed by atoms with Crippen LogP contribution in [0.2, 0.25) is 0 Å². The van der Waals surface area contributed by atoms with E-state index in [1.165, 1.54) is 0 Å². The highest BCUT2D eigenvalue weighted by Gasteiger charge is 2.11. The molecule has 0 atom stereocenters. The fourth-order valence-corrected chi connectivity index (χ4v) is 2.24. The lowest BCUT2D eigenvalue weighted by atomic mass is 10.1. The first-order chi connectivity index (χ1) is 9.04. The van der Waals surface area contributed by atoms with E-state index in [1.807, 2.05) is 26.0 Å². The van der Waals surface area contributed by atoms with Crippen molar-refractivity contribution < 1.29 is 9.90 Å². The predicted molar refractivity (Wildman–Crippen MR) is 75.3 cm³/mol. The number of carboxylic acids is 1. The van der Waals surface area contributed by atoms with Gasteiger partial charge >= 0.3 is 5.97 Å². The lowest BCUT2D eigenvalue weighted by Crippen LogP contribution is -2.17. The van der Waals surface area contributed by atoms with Crippen molar-refractivity contribution in [2.75, 3.05) is 0 Å². The van der Waals surface area contributed by atoms with E-state index in [2.05, 4.69) is 0 Å². The second-order valence-corrected chi connectivity index (χ2v) is 4.41. The second-order valence-electron chi connectivity index (χ2n) is 4.41. The van der Waals surface area contributed by atoms with Gasteiger partial charge in [0.25, 0.3) is 0 Å². The molecule has 0 unspecified atom stereocenters. The monoisotopic (exact) mass is 257 g/mol. The third kappa shape index (κ3) is 2.42. The number of carboxylic acid groups (broad SMARTS) is 1. The molecule has 1 heterocycles. The van der Waals surface area contributed by atoms with Gasteiger partial charge in [0, 0.05) is 17.1 Å². The Hall–Kier alpha value is -2.36. The van der Waals surface area contributed by atoms with Crippen molar-refractivity contribution in [2.45, 2.75) is 20.4 Å². The molecule has 0 aliphatic carbocycles. The Balaban J connectivity index is 2.88. The van der Waals surface area contributed by atoms with Gasteiger partial charge in [0.05, 0.1) is 5.52 Å². The van der Waals surface area contributed by atoms with Gasteiger partial charge in [0.2, 0.25) is 0 Å². The summed E-state index contributed by atoms with van der Waals surface area (Å²) in [6.07, 6.45) is 5.07. The van der Waals surface area contributed by atoms with E-state index < -0.39 is 5.97 Å². The fraction of sp³-hybridized carbons (Fsp3) is 0.200. The summed E-state index contributed by atoms with van der Waals surface area (Å²) in [5.74, 6) is -0.931. The zero-order valence-electron chi connectivity index (χ0n) is 10.9. The van der Waals surface area contributed by atoms with Crippen molar-refractivity contribution in [3.8, 4) is 0 Å². The Morgan fingerprint density at radius 3 is 2.79 bits per heavy atom. The summed E-state index contributed by atoms with van der Waals surface area (Å²) in [7, 11) is 0. The van der Waals surface area contributed by atoms with Crippen LogP contribution in [0.3, 0.4) is 0 Å². The van der Waals surface area contributed by atoms with E-state index in [-0.39, 0.29) is 12.0 Å². The number of aryl methyl sites for hydroxylation is 1. The summed E-state index contributed by atoms with van der Waals surface area (Å²) in [5, 5.41) is 9.54. The highest BCUT2D eigenvalue weighted by atomic mass is 16.4. The molecule has 4 nitrogen and oxygen atoms in total. The lowest BCUT2D eigenvalue weighted by molar-refractivity contribution is -0.137. The maximum absolute atomic E-state index is 12.3. The van der Waals surface area contributed by atoms with Crippen molar-refractivity contribution in [3.05, 3.63) is 51.8 Å². The number of benzene rings is 1. The van der Waals surface area contributed by atoms with Gasteiger partial charge in [-0.3, -0.25) is 9.59 Å². The van der Waals surface area contributed by atoms with Crippen molar-refractivity contribution >= 4 is 22.9 Å². The van der Waals surface area contributed by atoms with Crippen LogP contribution >= 0.6 is 0 Å². The predicted octanol–water partition coefficient (Wildman–Crippen LogP) is 2.43. The van der Waals surface area contributed by atoms with Crippen LogP contribution in [0.5, 0.6) is 0 Å². The van der Waals surface area contributed by atoms with Crippen LogP contribution in [0.4, 0.5) is 0 Å². The van der Waals surface area contributed by atoms with Gasteiger partial charge in [-0.25, -0.2) is 0 Å². The molecule has 0 amide bonds. The van der Waals surface area contributed by atoms with Crippen molar-refractivity contribution in [1.29, 1.82) is 0 Å². The number of nitrogens with zero attached hydrogens (tertiary/aromatic N) is 1. The summed E-state index contributed by atoms with van der Waals surface area (Å²) in [5.41, 5.74) is 2.01. The summed E-state index contributed by atoms with van der Waals surface area (Å²) < 4.78 is 1.61. The Kier molecular flexibility index (Phi) is 3.51. The van der Waals surface area contributed by atoms with Crippen LogP contribution in [0, 0.1) is 6.92 Å². The molecule has 1 aromatic carbocycles. The first-order valence-electron chi connectivity index (χ1n) is 6.02. The number of para-hydroxylation sites is 1. The molecular weight excluding hydrogens is 242 g/mol. The van der Waals surface area contributed by atoms with Crippen molar-refractivity contribution in [3.63, 3.8) is 0 Å². The van der Waals surface area contributed by atoms with Gasteiger partial charge in [-0.1, -0.05) is 24.3 Å². The summed E-state index contributed by atoms with van der Waals surface area (Å²) in [6, 6.07) is 5.41. The van der Waals surface area contributed by atoms with Gasteiger partial charge in [0.1, 0.15) is 6.54 Å². The standard InChI is InChI=1S/C15H15NO3/c1-3-5-11-8-16(9-13(17)18)14-10(2)6-4-7-12(14)15(11)19/h3-8H,9H2,1-2H3,(H,17,18)/b5-3+. The average molecular weight is 257 g/mol. The normalized spacial score (nSPS) is 11.3. The topological polar surface area (TPSA) is 59.3 Å². The van der Waals surface area contributed by atoms with E-state index in [0.717, 1.165) is 5.56 Å². The van der Waals surface area contributed by atoms with E-state index in [9.17, 15) is 9.59 Å². The van der Waals surface area contributed by atoms with Gasteiger partial charge in [0.15, 0.2) is 5.43 Å². The van der Waals surface area contributed by atoms with E-state index in [0.29, 0.717) is 16.5 Å². The number of fused-ring (bicyclic) bond motifs is 1. The fourth-order valence-electron chi connectivity index (χ4n) is 2.24. The lowest BCUT2D eigenvalue weighted by Gasteiger charge is -2.12. The molecule has 1 N–H and O–H groups in total. The molecule has 0 aliphatic heterocycles. The van der Waals surface area contributed by atoms with E-state index >= 15 is 0 Å². The molecule has 2 aromatic rings. The Morgan fingerprint density at radius 1 is 1.42 bits per heavy atom. The zero-order valence-corrected chi connectivity index (χ0v) is 10.9. The number of hydrogen-bond acceptors (Lipinski definition) is 2. The molecule has 0 aliphatic rings. The molecule has 0 spiro atoms. The number of aliphatic carboxylic acids is 1. The first kappa shape index (κ1) is 13.1. The summed E-state index contributed by atoms with van der Waals surface area (Å²) >= 11 is 0. The molecule has 0 saturated heterocycles. The van der Waals surface area contributed by atoms with E-state index in [4.69, 9.17) is 5.11 Å². The third-order valence-electron chi connectivity index (χ3n) is 2.98. The summed E-state index contributed by atoms with van der Waals surface area (Å²) in [4.78, 5) is 23.3. The minimum absolute atomic E-state index is 0.0709. The Labute approximate surface area is 110 Å². The average Bonchev–Trinajstić information content (AvgIpc) is 2.34. The maximum Gasteiger partial charge on any atom is 0.323 e. The third-order valence-corrected chi connectivity index (χ3v) is 2.98. The smallest absolute Gasteiger partial charge is 0.323 e. The Morgan fingerprint density at radius 2 is 2.16 bits per heavy atom. The van der Waals surface area contributed by atoms with Gasteiger partial charge in [-0.15, -0.1) is 0 Å². The molecular formula is C15H15NO3. The highest BCUT2D eigenvalue weighted by Crippen LogP contribution is 2.17. The quantitative estimate of drug-likeness (QED) is 0.918. The SMILES string of the molecule is C/C=C/c1cn(CC(=O)O)c2c(C)cccc2c1=O. The minimum Gasteiger partial charge on any atom is -0.480 e. The molecule has 19 heavy (non-hydrogen) atoms. The van der Waals surface area contributed by atoms with Crippen LogP contribution in [0.15, 0.2) is 35.3 Å². The van der Waals surface area contributed by atoms with Crippen molar-refractivity contribution in [2.24, 2.45) is 0 Å². The second kappa shape index (κ2) is 5.10. The molecule has 1 aromatic heterocycles. The molecule has 4 heteroatoms. The van der Waals surface area contributed by atoms with E-state index in [1.54, 1.807) is 29.0 Å². The van der Waals surface area contributed by atoms with Gasteiger partial charge < -0.3 is 9.67 Å². The van der Waals surface area contributed by atoms with Gasteiger partial charge in [-0.2, -0.15) is 0 Å². The molecule has 2 rings (SSSR count). The number of rotatable bonds is 3. The number of carbonyl (C=O) groups is 1. The largest absolute Gasteiger partial charge is 0.480 e. The van der Waals surface area contributed by atoms with Crippen LogP contribution in [-0.2, 0) is 11.3 Å². The van der Waals surface area contributed by atoms with Crippen LogP contribution < -0.4 is 5.43 Å². The number of aromatic nitrogens is 1. The molecule has 0 bridgehead atoms. The number of hydrogen-bond donors (Lipinski definition) is 1. The van der Waals surface area contributed by atoms with Crippen LogP contribution in [-0.4, -0.2) is 15.6 Å².